The molecule has 1 aliphatic heterocycles. The zero-order valence-electron chi connectivity index (χ0n) is 10.5. The third-order valence-electron chi connectivity index (χ3n) is 3.13. The second-order valence-electron chi connectivity index (χ2n) is 4.58. The van der Waals surface area contributed by atoms with Crippen LogP contribution in [0.15, 0.2) is 24.3 Å². The Labute approximate surface area is 108 Å². The minimum absolute atomic E-state index is 0.408. The molecule has 1 aromatic carbocycles. The average molecular weight is 242 g/mol. The molecule has 3 nitrogen and oxygen atoms in total. The van der Waals surface area contributed by atoms with Gasteiger partial charge in [0.25, 0.3) is 0 Å². The molecule has 2 rings (SSSR count). The van der Waals surface area contributed by atoms with Crippen molar-refractivity contribution in [3.8, 4) is 11.8 Å². The van der Waals surface area contributed by atoms with Gasteiger partial charge in [0.1, 0.15) is 0 Å². The minimum atomic E-state index is -0.408. The summed E-state index contributed by atoms with van der Waals surface area (Å²) in [6.07, 6.45) is 3.89. The van der Waals surface area contributed by atoms with Gasteiger partial charge in [-0.05, 0) is 44.1 Å². The second-order valence-corrected chi connectivity index (χ2v) is 4.58. The van der Waals surface area contributed by atoms with Crippen LogP contribution in [0.3, 0.4) is 0 Å². The van der Waals surface area contributed by atoms with Crippen LogP contribution >= 0.6 is 0 Å². The molecule has 1 saturated heterocycles. The molecule has 1 heterocycles. The monoisotopic (exact) mass is 242 g/mol. The first kappa shape index (κ1) is 12.7. The van der Waals surface area contributed by atoms with Gasteiger partial charge < -0.3 is 5.73 Å². The molecule has 18 heavy (non-hydrogen) atoms. The van der Waals surface area contributed by atoms with Crippen LogP contribution in [0.4, 0.5) is 0 Å². The Morgan fingerprint density at radius 3 is 2.78 bits per heavy atom. The van der Waals surface area contributed by atoms with E-state index in [9.17, 15) is 4.79 Å². The molecule has 0 atom stereocenters. The van der Waals surface area contributed by atoms with Crippen LogP contribution in [-0.2, 0) is 0 Å². The molecule has 3 heteroatoms. The maximum Gasteiger partial charge on any atom is 0.248 e. The van der Waals surface area contributed by atoms with Crippen LogP contribution in [0, 0.1) is 11.8 Å². The average Bonchev–Trinajstić information content (AvgIpc) is 2.40. The number of carbonyl (C=O) groups excluding carboxylic acids is 1. The first-order chi connectivity index (χ1) is 8.75. The molecule has 2 N–H and O–H groups in total. The van der Waals surface area contributed by atoms with Crippen LogP contribution in [0.1, 0.15) is 35.2 Å². The Morgan fingerprint density at radius 1 is 1.28 bits per heavy atom. The third kappa shape index (κ3) is 3.61. The van der Waals surface area contributed by atoms with Crippen molar-refractivity contribution in [3.05, 3.63) is 35.4 Å². The number of hydrogen-bond acceptors (Lipinski definition) is 2. The molecule has 94 valence electrons. The van der Waals surface area contributed by atoms with E-state index in [1.807, 2.05) is 12.1 Å². The minimum Gasteiger partial charge on any atom is -0.366 e. The SMILES string of the molecule is NC(=O)c1cccc(C#CCN2CCCCC2)c1. The Morgan fingerprint density at radius 2 is 2.06 bits per heavy atom. The summed E-state index contributed by atoms with van der Waals surface area (Å²) in [6.45, 7) is 3.10. The molecular weight excluding hydrogens is 224 g/mol. The van der Waals surface area contributed by atoms with Crippen molar-refractivity contribution >= 4 is 5.91 Å². The highest BCUT2D eigenvalue weighted by Crippen LogP contribution is 2.07. The van der Waals surface area contributed by atoms with Crippen LogP contribution in [0.5, 0.6) is 0 Å². The summed E-state index contributed by atoms with van der Waals surface area (Å²) in [5, 5.41) is 0. The third-order valence-corrected chi connectivity index (χ3v) is 3.13. The highest BCUT2D eigenvalue weighted by Gasteiger charge is 2.07. The van der Waals surface area contributed by atoms with Gasteiger partial charge in [0, 0.05) is 11.1 Å². The van der Waals surface area contributed by atoms with E-state index in [0.717, 1.165) is 25.2 Å². The standard InChI is InChI=1S/C15H18N2O/c16-15(18)14-8-4-6-13(12-14)7-5-11-17-9-2-1-3-10-17/h4,6,8,12H,1-3,9-11H2,(H2,16,18). The van der Waals surface area contributed by atoms with E-state index >= 15 is 0 Å². The number of primary amides is 1. The van der Waals surface area contributed by atoms with Gasteiger partial charge in [0.15, 0.2) is 0 Å². The number of amides is 1. The highest BCUT2D eigenvalue weighted by molar-refractivity contribution is 5.93. The van der Waals surface area contributed by atoms with Gasteiger partial charge in [-0.25, -0.2) is 0 Å². The smallest absolute Gasteiger partial charge is 0.248 e. The molecule has 1 aromatic rings. The number of carbonyl (C=O) groups is 1. The van der Waals surface area contributed by atoms with Crippen LogP contribution < -0.4 is 5.73 Å². The largest absolute Gasteiger partial charge is 0.366 e. The summed E-state index contributed by atoms with van der Waals surface area (Å²) in [5.41, 5.74) is 6.60. The van der Waals surface area contributed by atoms with Gasteiger partial charge in [-0.1, -0.05) is 24.3 Å². The molecule has 0 spiro atoms. The van der Waals surface area contributed by atoms with Crippen molar-refractivity contribution in [1.29, 1.82) is 0 Å². The summed E-state index contributed by atoms with van der Waals surface area (Å²) < 4.78 is 0. The fourth-order valence-electron chi connectivity index (χ4n) is 2.12. The Bertz CT molecular complexity index is 479. The number of hydrogen-bond donors (Lipinski definition) is 1. The number of likely N-dealkylation sites (tertiary alicyclic amines) is 1. The van der Waals surface area contributed by atoms with E-state index in [4.69, 9.17) is 5.73 Å². The normalized spacial score (nSPS) is 15.8. The van der Waals surface area contributed by atoms with E-state index in [2.05, 4.69) is 16.7 Å². The van der Waals surface area contributed by atoms with Crippen LogP contribution in [0.2, 0.25) is 0 Å². The summed E-state index contributed by atoms with van der Waals surface area (Å²) in [4.78, 5) is 13.4. The molecule has 1 amide bonds. The van der Waals surface area contributed by atoms with Crippen LogP contribution in [0.25, 0.3) is 0 Å². The number of nitrogens with two attached hydrogens (primary N) is 1. The van der Waals surface area contributed by atoms with E-state index in [-0.39, 0.29) is 0 Å². The fraction of sp³-hybridized carbons (Fsp3) is 0.400. The zero-order chi connectivity index (χ0) is 12.8. The van der Waals surface area contributed by atoms with Crippen molar-refractivity contribution in [2.24, 2.45) is 5.73 Å². The Kier molecular flexibility index (Phi) is 4.38. The lowest BCUT2D eigenvalue weighted by molar-refractivity contribution is 0.100. The molecule has 1 aliphatic rings. The maximum absolute atomic E-state index is 11.0. The predicted octanol–water partition coefficient (Wildman–Crippen LogP) is 1.62. The first-order valence-corrected chi connectivity index (χ1v) is 6.37. The molecule has 0 saturated carbocycles. The van der Waals surface area contributed by atoms with Gasteiger partial charge in [-0.2, -0.15) is 0 Å². The van der Waals surface area contributed by atoms with Crippen molar-refractivity contribution < 1.29 is 4.79 Å². The quantitative estimate of drug-likeness (QED) is 0.801. The van der Waals surface area contributed by atoms with Crippen molar-refractivity contribution in [3.63, 3.8) is 0 Å². The maximum atomic E-state index is 11.0. The summed E-state index contributed by atoms with van der Waals surface area (Å²) >= 11 is 0. The van der Waals surface area contributed by atoms with Gasteiger partial charge in [0.2, 0.25) is 5.91 Å². The number of piperidine rings is 1. The van der Waals surface area contributed by atoms with Gasteiger partial charge in [-0.15, -0.1) is 0 Å². The fourth-order valence-corrected chi connectivity index (χ4v) is 2.12. The molecule has 0 radical (unpaired) electrons. The molecule has 0 unspecified atom stereocenters. The van der Waals surface area contributed by atoms with Gasteiger partial charge in [-0.3, -0.25) is 9.69 Å². The lowest BCUT2D eigenvalue weighted by Crippen LogP contribution is -2.29. The van der Waals surface area contributed by atoms with E-state index in [0.29, 0.717) is 5.56 Å². The molecular formula is C15H18N2O. The van der Waals surface area contributed by atoms with E-state index < -0.39 is 5.91 Å². The Hall–Kier alpha value is -1.79. The molecule has 1 fully saturated rings. The number of nitrogens with zero attached hydrogens (tertiary/aromatic N) is 1. The summed E-state index contributed by atoms with van der Waals surface area (Å²) in [7, 11) is 0. The summed E-state index contributed by atoms with van der Waals surface area (Å²) in [6, 6.07) is 7.16. The van der Waals surface area contributed by atoms with Crippen molar-refractivity contribution in [1.82, 2.24) is 4.90 Å². The van der Waals surface area contributed by atoms with Crippen molar-refractivity contribution in [2.75, 3.05) is 19.6 Å². The summed E-state index contributed by atoms with van der Waals surface area (Å²) in [5.74, 6) is 5.84. The lowest BCUT2D eigenvalue weighted by Gasteiger charge is -2.23. The number of rotatable bonds is 2. The molecule has 0 aromatic heterocycles. The van der Waals surface area contributed by atoms with E-state index in [1.165, 1.54) is 19.3 Å². The van der Waals surface area contributed by atoms with Crippen LogP contribution in [-0.4, -0.2) is 30.4 Å². The second kappa shape index (κ2) is 6.23. The predicted molar refractivity (Wildman–Crippen MR) is 72.1 cm³/mol. The van der Waals surface area contributed by atoms with Crippen molar-refractivity contribution in [2.45, 2.75) is 19.3 Å². The van der Waals surface area contributed by atoms with Gasteiger partial charge >= 0.3 is 0 Å². The topological polar surface area (TPSA) is 46.3 Å². The molecule has 0 aliphatic carbocycles. The molecule has 0 bridgehead atoms. The first-order valence-electron chi connectivity index (χ1n) is 6.37. The zero-order valence-corrected chi connectivity index (χ0v) is 10.5. The highest BCUT2D eigenvalue weighted by atomic mass is 16.1. The number of benzene rings is 1. The lowest BCUT2D eigenvalue weighted by atomic mass is 10.1. The Balaban J connectivity index is 1.96. The van der Waals surface area contributed by atoms with E-state index in [1.54, 1.807) is 12.1 Å². The van der Waals surface area contributed by atoms with Gasteiger partial charge in [0.05, 0.1) is 6.54 Å².